The zero-order valence-corrected chi connectivity index (χ0v) is 15.4. The molecule has 1 aromatic heterocycles. The van der Waals surface area contributed by atoms with E-state index < -0.39 is 0 Å². The zero-order chi connectivity index (χ0) is 19.0. The molecule has 0 aliphatic carbocycles. The second-order valence-electron chi connectivity index (χ2n) is 6.68. The van der Waals surface area contributed by atoms with Crippen molar-refractivity contribution in [1.82, 2.24) is 14.5 Å². The van der Waals surface area contributed by atoms with Gasteiger partial charge in [0.15, 0.2) is 0 Å². The Morgan fingerprint density at radius 2 is 1.96 bits per heavy atom. The van der Waals surface area contributed by atoms with Gasteiger partial charge in [-0.05, 0) is 24.1 Å². The Kier molecular flexibility index (Phi) is 4.32. The van der Waals surface area contributed by atoms with Crippen LogP contribution in [0.15, 0.2) is 54.3 Å². The van der Waals surface area contributed by atoms with Crippen LogP contribution >= 0.6 is 0 Å². The van der Waals surface area contributed by atoms with Gasteiger partial charge in [0, 0.05) is 19.7 Å². The van der Waals surface area contributed by atoms with E-state index in [1.165, 1.54) is 5.56 Å². The maximum atomic E-state index is 10.5. The average Bonchev–Trinajstić information content (AvgIpc) is 3.16. The number of benzene rings is 2. The highest BCUT2D eigenvalue weighted by Crippen LogP contribution is 2.30. The van der Waals surface area contributed by atoms with Crippen molar-refractivity contribution in [3.63, 3.8) is 0 Å². The van der Waals surface area contributed by atoms with Gasteiger partial charge in [-0.3, -0.25) is 5.41 Å². The van der Waals surface area contributed by atoms with E-state index in [-0.39, 0.29) is 5.76 Å². The van der Waals surface area contributed by atoms with Crippen LogP contribution in [0, 0.1) is 5.41 Å². The van der Waals surface area contributed by atoms with Gasteiger partial charge in [0.25, 0.3) is 0 Å². The summed E-state index contributed by atoms with van der Waals surface area (Å²) in [5.41, 5.74) is 3.43. The summed E-state index contributed by atoms with van der Waals surface area (Å²) in [4.78, 5) is 6.54. The molecule has 0 atom stereocenters. The monoisotopic (exact) mass is 362 g/mol. The van der Waals surface area contributed by atoms with Crippen molar-refractivity contribution in [1.29, 1.82) is 5.41 Å². The lowest BCUT2D eigenvalue weighted by Gasteiger charge is -2.18. The molecule has 6 nitrogen and oxygen atoms in total. The second kappa shape index (κ2) is 6.79. The molecule has 0 bridgehead atoms. The number of nitrogens with one attached hydrogen (secondary N) is 1. The molecule has 0 radical (unpaired) electrons. The molecule has 138 valence electrons. The Morgan fingerprint density at radius 3 is 2.70 bits per heavy atom. The SMILES string of the molecule is COc1ccc2c(c1)nc(C1=C(O)CN(CCc3ccccc3)C1=N)n2C. The number of nitrogens with zero attached hydrogens (tertiary/aromatic N) is 3. The molecule has 0 unspecified atom stereocenters. The number of imidazole rings is 1. The Bertz CT molecular complexity index is 1040. The van der Waals surface area contributed by atoms with Crippen molar-refractivity contribution in [2.45, 2.75) is 6.42 Å². The summed E-state index contributed by atoms with van der Waals surface area (Å²) in [6, 6.07) is 15.9. The van der Waals surface area contributed by atoms with Crippen molar-refractivity contribution < 1.29 is 9.84 Å². The number of fused-ring (bicyclic) bond motifs is 1. The van der Waals surface area contributed by atoms with E-state index in [2.05, 4.69) is 17.1 Å². The van der Waals surface area contributed by atoms with Crippen LogP contribution in [0.5, 0.6) is 5.75 Å². The van der Waals surface area contributed by atoms with Crippen LogP contribution in [0.4, 0.5) is 0 Å². The lowest BCUT2D eigenvalue weighted by molar-refractivity contribution is 0.351. The Balaban J connectivity index is 1.60. The van der Waals surface area contributed by atoms with E-state index in [0.717, 1.165) is 23.2 Å². The number of hydrogen-bond donors (Lipinski definition) is 2. The van der Waals surface area contributed by atoms with Gasteiger partial charge >= 0.3 is 0 Å². The largest absolute Gasteiger partial charge is 0.510 e. The summed E-state index contributed by atoms with van der Waals surface area (Å²) < 4.78 is 7.18. The minimum absolute atomic E-state index is 0.193. The maximum Gasteiger partial charge on any atom is 0.148 e. The van der Waals surface area contributed by atoms with Crippen LogP contribution in [-0.4, -0.2) is 45.6 Å². The van der Waals surface area contributed by atoms with Gasteiger partial charge < -0.3 is 19.3 Å². The van der Waals surface area contributed by atoms with E-state index in [4.69, 9.17) is 10.1 Å². The summed E-state index contributed by atoms with van der Waals surface area (Å²) in [6.07, 6.45) is 0.823. The Morgan fingerprint density at radius 1 is 1.19 bits per heavy atom. The van der Waals surface area contributed by atoms with Crippen LogP contribution < -0.4 is 4.74 Å². The van der Waals surface area contributed by atoms with Crippen LogP contribution in [0.2, 0.25) is 0 Å². The molecule has 0 saturated heterocycles. The highest BCUT2D eigenvalue weighted by Gasteiger charge is 2.31. The van der Waals surface area contributed by atoms with Crippen LogP contribution in [0.3, 0.4) is 0 Å². The van der Waals surface area contributed by atoms with Gasteiger partial charge in [-0.2, -0.15) is 0 Å². The molecule has 2 aromatic carbocycles. The van der Waals surface area contributed by atoms with Gasteiger partial charge in [0.05, 0.1) is 30.3 Å². The molecular weight excluding hydrogens is 340 g/mol. The van der Waals surface area contributed by atoms with E-state index in [1.54, 1.807) is 7.11 Å². The van der Waals surface area contributed by atoms with E-state index in [9.17, 15) is 5.11 Å². The predicted molar refractivity (Wildman–Crippen MR) is 106 cm³/mol. The molecule has 6 heteroatoms. The molecule has 0 saturated carbocycles. The fraction of sp³-hybridized carbons (Fsp3) is 0.238. The molecule has 4 rings (SSSR count). The summed E-state index contributed by atoms with van der Waals surface area (Å²) in [5.74, 6) is 1.84. The molecule has 0 fully saturated rings. The number of aryl methyl sites for hydroxylation is 1. The molecule has 0 amide bonds. The number of aromatic nitrogens is 2. The number of ether oxygens (including phenoxy) is 1. The number of hydrogen-bond acceptors (Lipinski definition) is 4. The van der Waals surface area contributed by atoms with E-state index in [1.807, 2.05) is 52.9 Å². The average molecular weight is 362 g/mol. The number of amidine groups is 1. The zero-order valence-electron chi connectivity index (χ0n) is 15.4. The second-order valence-corrected chi connectivity index (χ2v) is 6.68. The first-order chi connectivity index (χ1) is 13.1. The Hall–Kier alpha value is -3.28. The van der Waals surface area contributed by atoms with E-state index in [0.29, 0.717) is 30.3 Å². The van der Waals surface area contributed by atoms with Gasteiger partial charge in [0.2, 0.25) is 0 Å². The van der Waals surface area contributed by atoms with Crippen LogP contribution in [-0.2, 0) is 13.5 Å². The van der Waals surface area contributed by atoms with Crippen LogP contribution in [0.25, 0.3) is 16.6 Å². The molecule has 2 N–H and O–H groups in total. The van der Waals surface area contributed by atoms with Crippen molar-refractivity contribution in [2.75, 3.05) is 20.2 Å². The third-order valence-electron chi connectivity index (χ3n) is 5.01. The van der Waals surface area contributed by atoms with Gasteiger partial charge in [0.1, 0.15) is 23.2 Å². The summed E-state index contributed by atoms with van der Waals surface area (Å²) in [6.45, 7) is 1.02. The fourth-order valence-electron chi connectivity index (χ4n) is 3.50. The number of rotatable bonds is 5. The molecule has 1 aliphatic heterocycles. The predicted octanol–water partition coefficient (Wildman–Crippen LogP) is 3.39. The summed E-state index contributed by atoms with van der Waals surface area (Å²) in [7, 11) is 3.52. The molecule has 27 heavy (non-hydrogen) atoms. The highest BCUT2D eigenvalue weighted by molar-refractivity contribution is 6.23. The highest BCUT2D eigenvalue weighted by atomic mass is 16.5. The normalized spacial score (nSPS) is 14.4. The van der Waals surface area contributed by atoms with Crippen molar-refractivity contribution in [3.8, 4) is 5.75 Å². The topological polar surface area (TPSA) is 74.4 Å². The van der Waals surface area contributed by atoms with Crippen molar-refractivity contribution in [2.24, 2.45) is 7.05 Å². The first-order valence-corrected chi connectivity index (χ1v) is 8.89. The number of aliphatic hydroxyl groups is 1. The van der Waals surface area contributed by atoms with Crippen LogP contribution in [0.1, 0.15) is 11.4 Å². The smallest absolute Gasteiger partial charge is 0.148 e. The number of aliphatic hydroxyl groups excluding tert-OH is 1. The molecule has 0 spiro atoms. The maximum absolute atomic E-state index is 10.5. The van der Waals surface area contributed by atoms with Gasteiger partial charge in [-0.25, -0.2) is 4.98 Å². The third kappa shape index (κ3) is 3.03. The number of methoxy groups -OCH3 is 1. The molecule has 1 aliphatic rings. The fourth-order valence-corrected chi connectivity index (χ4v) is 3.50. The molecule has 2 heterocycles. The Labute approximate surface area is 157 Å². The van der Waals surface area contributed by atoms with E-state index >= 15 is 0 Å². The van der Waals surface area contributed by atoms with Gasteiger partial charge in [-0.1, -0.05) is 30.3 Å². The summed E-state index contributed by atoms with van der Waals surface area (Å²) >= 11 is 0. The van der Waals surface area contributed by atoms with Gasteiger partial charge in [-0.15, -0.1) is 0 Å². The minimum Gasteiger partial charge on any atom is -0.510 e. The third-order valence-corrected chi connectivity index (χ3v) is 5.01. The lowest BCUT2D eigenvalue weighted by atomic mass is 10.1. The molecule has 3 aromatic rings. The quantitative estimate of drug-likeness (QED) is 0.730. The first-order valence-electron chi connectivity index (χ1n) is 8.89. The summed E-state index contributed by atoms with van der Waals surface area (Å²) in [5, 5.41) is 19.1. The standard InChI is InChI=1S/C21H22N4O2/c1-24-17-9-8-15(27-2)12-16(17)23-21(24)19-18(26)13-25(20(19)22)11-10-14-6-4-3-5-7-14/h3-9,12,22,26H,10-11,13H2,1-2H3. The van der Waals surface area contributed by atoms with Crippen molar-refractivity contribution >= 4 is 22.4 Å². The van der Waals surface area contributed by atoms with Crippen molar-refractivity contribution in [3.05, 3.63) is 65.7 Å². The minimum atomic E-state index is 0.193. The molecular formula is C21H22N4O2. The first kappa shape index (κ1) is 17.1. The lowest BCUT2D eigenvalue weighted by Crippen LogP contribution is -2.29.